The molecule has 0 heteroatoms. The molecule has 0 atom stereocenters. The minimum atomic E-state index is 1.13. The third-order valence-electron chi connectivity index (χ3n) is 3.84. The summed E-state index contributed by atoms with van der Waals surface area (Å²) in [6, 6.07) is 13.6. The molecule has 0 amide bonds. The van der Waals surface area contributed by atoms with E-state index in [4.69, 9.17) is 0 Å². The van der Waals surface area contributed by atoms with Crippen LogP contribution < -0.4 is 0 Å². The molecule has 0 saturated carbocycles. The first-order chi connectivity index (χ1) is 8.56. The van der Waals surface area contributed by atoms with Gasteiger partial charge in [0.1, 0.15) is 0 Å². The molecule has 0 bridgehead atoms. The Morgan fingerprint density at radius 1 is 0.556 bits per heavy atom. The van der Waals surface area contributed by atoms with Gasteiger partial charge in [-0.05, 0) is 73.9 Å². The van der Waals surface area contributed by atoms with Crippen LogP contribution in [0.1, 0.15) is 33.4 Å². The highest BCUT2D eigenvalue weighted by atomic mass is 14.1. The monoisotopic (exact) mass is 238 g/mol. The average Bonchev–Trinajstić information content (AvgIpc) is 2.35. The maximum Gasteiger partial charge on any atom is -0.0238 e. The minimum Gasteiger partial charge on any atom is -0.0588 e. The predicted octanol–water partition coefficient (Wildman–Crippen LogP) is 4.71. The molecule has 18 heavy (non-hydrogen) atoms. The molecule has 2 aromatic rings. The lowest BCUT2D eigenvalue weighted by Crippen LogP contribution is -1.94. The van der Waals surface area contributed by atoms with Crippen molar-refractivity contribution in [1.29, 1.82) is 0 Å². The van der Waals surface area contributed by atoms with Crippen LogP contribution in [0.2, 0.25) is 0 Å². The SMILES string of the molecule is Cc1ccc(CCc2ccc(C)c(C)c2)cc1C. The molecular formula is C18H22. The molecule has 2 rings (SSSR count). The second-order valence-corrected chi connectivity index (χ2v) is 5.34. The van der Waals surface area contributed by atoms with E-state index in [0.717, 1.165) is 12.8 Å². The second-order valence-electron chi connectivity index (χ2n) is 5.34. The van der Waals surface area contributed by atoms with E-state index in [2.05, 4.69) is 64.1 Å². The summed E-state index contributed by atoms with van der Waals surface area (Å²) >= 11 is 0. The van der Waals surface area contributed by atoms with Crippen molar-refractivity contribution in [1.82, 2.24) is 0 Å². The van der Waals surface area contributed by atoms with Gasteiger partial charge >= 0.3 is 0 Å². The van der Waals surface area contributed by atoms with Crippen molar-refractivity contribution in [3.8, 4) is 0 Å². The molecule has 0 radical (unpaired) electrons. The highest BCUT2D eigenvalue weighted by molar-refractivity contribution is 5.32. The Morgan fingerprint density at radius 2 is 0.944 bits per heavy atom. The van der Waals surface area contributed by atoms with E-state index in [9.17, 15) is 0 Å². The Morgan fingerprint density at radius 3 is 1.28 bits per heavy atom. The van der Waals surface area contributed by atoms with Gasteiger partial charge in [-0.2, -0.15) is 0 Å². The number of hydrogen-bond acceptors (Lipinski definition) is 0. The normalized spacial score (nSPS) is 10.7. The van der Waals surface area contributed by atoms with Gasteiger partial charge in [0.25, 0.3) is 0 Å². The summed E-state index contributed by atoms with van der Waals surface area (Å²) in [6.07, 6.45) is 2.26. The molecule has 94 valence electrons. The molecule has 0 aromatic heterocycles. The first-order valence-corrected chi connectivity index (χ1v) is 6.68. The Bertz CT molecular complexity index is 498. The Balaban J connectivity index is 2.06. The van der Waals surface area contributed by atoms with E-state index in [1.54, 1.807) is 0 Å². The number of benzene rings is 2. The van der Waals surface area contributed by atoms with Crippen LogP contribution in [0.4, 0.5) is 0 Å². The lowest BCUT2D eigenvalue weighted by molar-refractivity contribution is 0.953. The Labute approximate surface area is 111 Å². The van der Waals surface area contributed by atoms with Gasteiger partial charge in [0.05, 0.1) is 0 Å². The van der Waals surface area contributed by atoms with Crippen LogP contribution in [-0.4, -0.2) is 0 Å². The van der Waals surface area contributed by atoms with Crippen LogP contribution in [0.25, 0.3) is 0 Å². The van der Waals surface area contributed by atoms with Crippen LogP contribution >= 0.6 is 0 Å². The minimum absolute atomic E-state index is 1.13. The van der Waals surface area contributed by atoms with Crippen LogP contribution in [-0.2, 0) is 12.8 Å². The summed E-state index contributed by atoms with van der Waals surface area (Å²) in [5, 5.41) is 0. The average molecular weight is 238 g/mol. The van der Waals surface area contributed by atoms with E-state index < -0.39 is 0 Å². The molecule has 0 heterocycles. The zero-order valence-corrected chi connectivity index (χ0v) is 11.9. The van der Waals surface area contributed by atoms with E-state index in [0.29, 0.717) is 0 Å². The topological polar surface area (TPSA) is 0 Å². The van der Waals surface area contributed by atoms with Gasteiger partial charge in [-0.1, -0.05) is 36.4 Å². The first kappa shape index (κ1) is 12.9. The molecular weight excluding hydrogens is 216 g/mol. The van der Waals surface area contributed by atoms with Gasteiger partial charge in [-0.15, -0.1) is 0 Å². The highest BCUT2D eigenvalue weighted by Gasteiger charge is 2.00. The fourth-order valence-corrected chi connectivity index (χ4v) is 2.21. The van der Waals surface area contributed by atoms with Gasteiger partial charge in [0.15, 0.2) is 0 Å². The van der Waals surface area contributed by atoms with E-state index in [-0.39, 0.29) is 0 Å². The van der Waals surface area contributed by atoms with E-state index in [1.165, 1.54) is 33.4 Å². The van der Waals surface area contributed by atoms with E-state index in [1.807, 2.05) is 0 Å². The maximum absolute atomic E-state index is 2.32. The van der Waals surface area contributed by atoms with Crippen molar-refractivity contribution in [2.24, 2.45) is 0 Å². The van der Waals surface area contributed by atoms with Crippen molar-refractivity contribution in [3.05, 3.63) is 69.8 Å². The van der Waals surface area contributed by atoms with Crippen LogP contribution in [0.15, 0.2) is 36.4 Å². The van der Waals surface area contributed by atoms with Crippen LogP contribution in [0.5, 0.6) is 0 Å². The summed E-state index contributed by atoms with van der Waals surface area (Å²) in [5.41, 5.74) is 8.43. The number of hydrogen-bond donors (Lipinski definition) is 0. The van der Waals surface area contributed by atoms with Gasteiger partial charge in [0, 0.05) is 0 Å². The summed E-state index contributed by atoms with van der Waals surface area (Å²) in [4.78, 5) is 0. The molecule has 0 spiro atoms. The smallest absolute Gasteiger partial charge is 0.0238 e. The van der Waals surface area contributed by atoms with Crippen LogP contribution in [0.3, 0.4) is 0 Å². The molecule has 0 aliphatic carbocycles. The molecule has 0 fully saturated rings. The number of rotatable bonds is 3. The summed E-state index contributed by atoms with van der Waals surface area (Å²) in [7, 11) is 0. The van der Waals surface area contributed by atoms with E-state index >= 15 is 0 Å². The van der Waals surface area contributed by atoms with Gasteiger partial charge in [-0.25, -0.2) is 0 Å². The Hall–Kier alpha value is -1.56. The largest absolute Gasteiger partial charge is 0.0588 e. The molecule has 0 saturated heterocycles. The molecule has 2 aromatic carbocycles. The fraction of sp³-hybridized carbons (Fsp3) is 0.333. The first-order valence-electron chi connectivity index (χ1n) is 6.68. The highest BCUT2D eigenvalue weighted by Crippen LogP contribution is 2.15. The fourth-order valence-electron chi connectivity index (χ4n) is 2.21. The summed E-state index contributed by atoms with van der Waals surface area (Å²) in [6.45, 7) is 8.72. The van der Waals surface area contributed by atoms with Crippen LogP contribution in [0, 0.1) is 27.7 Å². The van der Waals surface area contributed by atoms with Crippen molar-refractivity contribution in [3.63, 3.8) is 0 Å². The maximum atomic E-state index is 2.32. The predicted molar refractivity (Wildman–Crippen MR) is 79.2 cm³/mol. The third kappa shape index (κ3) is 3.01. The quantitative estimate of drug-likeness (QED) is 0.726. The summed E-state index contributed by atoms with van der Waals surface area (Å²) < 4.78 is 0. The van der Waals surface area contributed by atoms with Gasteiger partial charge < -0.3 is 0 Å². The van der Waals surface area contributed by atoms with Crippen molar-refractivity contribution < 1.29 is 0 Å². The third-order valence-corrected chi connectivity index (χ3v) is 3.84. The Kier molecular flexibility index (Phi) is 3.86. The lowest BCUT2D eigenvalue weighted by atomic mass is 9.98. The zero-order valence-electron chi connectivity index (χ0n) is 11.9. The molecule has 0 aliphatic heterocycles. The molecule has 0 unspecified atom stereocenters. The molecule has 0 aliphatic rings. The molecule has 0 nitrogen and oxygen atoms in total. The molecule has 0 N–H and O–H groups in total. The van der Waals surface area contributed by atoms with Gasteiger partial charge in [-0.3, -0.25) is 0 Å². The lowest BCUT2D eigenvalue weighted by Gasteiger charge is -2.07. The van der Waals surface area contributed by atoms with Gasteiger partial charge in [0.2, 0.25) is 0 Å². The van der Waals surface area contributed by atoms with Crippen molar-refractivity contribution in [2.45, 2.75) is 40.5 Å². The number of aryl methyl sites for hydroxylation is 6. The summed E-state index contributed by atoms with van der Waals surface area (Å²) in [5.74, 6) is 0. The zero-order chi connectivity index (χ0) is 13.1. The second kappa shape index (κ2) is 5.39. The standard InChI is InChI=1S/C18H22/c1-13-5-7-17(11-15(13)3)9-10-18-8-6-14(2)16(4)12-18/h5-8,11-12H,9-10H2,1-4H3. The van der Waals surface area contributed by atoms with Crippen molar-refractivity contribution in [2.75, 3.05) is 0 Å². The van der Waals surface area contributed by atoms with Crippen molar-refractivity contribution >= 4 is 0 Å².